The molecular formula is C19H24O7. The highest BCUT2D eigenvalue weighted by Gasteiger charge is 2.45. The molecule has 0 N–H and O–H groups in total. The van der Waals surface area contributed by atoms with Crippen molar-refractivity contribution < 1.29 is 33.3 Å². The van der Waals surface area contributed by atoms with Crippen molar-refractivity contribution in [1.29, 1.82) is 0 Å². The van der Waals surface area contributed by atoms with Crippen LogP contribution in [0.2, 0.25) is 0 Å². The van der Waals surface area contributed by atoms with E-state index in [4.69, 9.17) is 18.9 Å². The van der Waals surface area contributed by atoms with Gasteiger partial charge in [0.1, 0.15) is 18.6 Å². The Morgan fingerprint density at radius 1 is 1.08 bits per heavy atom. The summed E-state index contributed by atoms with van der Waals surface area (Å²) in [6, 6.07) is 6.52. The minimum atomic E-state index is -0.854. The molecular weight excluding hydrogens is 340 g/mol. The molecule has 5 atom stereocenters. The summed E-state index contributed by atoms with van der Waals surface area (Å²) in [5.74, 6) is -0.437. The predicted molar refractivity (Wildman–Crippen MR) is 91.6 cm³/mol. The number of carbonyl (C=O) groups is 3. The van der Waals surface area contributed by atoms with Crippen molar-refractivity contribution in [3.05, 3.63) is 29.8 Å². The lowest BCUT2D eigenvalue weighted by Gasteiger charge is -2.43. The van der Waals surface area contributed by atoms with Gasteiger partial charge in [0.05, 0.1) is 6.10 Å². The van der Waals surface area contributed by atoms with Crippen molar-refractivity contribution in [1.82, 2.24) is 0 Å². The third kappa shape index (κ3) is 5.05. The molecule has 0 radical (unpaired) electrons. The lowest BCUT2D eigenvalue weighted by molar-refractivity contribution is -0.253. The van der Waals surface area contributed by atoms with E-state index in [1.165, 1.54) is 13.8 Å². The van der Waals surface area contributed by atoms with Gasteiger partial charge in [0.2, 0.25) is 6.29 Å². The van der Waals surface area contributed by atoms with Crippen molar-refractivity contribution in [3.63, 3.8) is 0 Å². The maximum atomic E-state index is 11.5. The topological polar surface area (TPSA) is 88.1 Å². The van der Waals surface area contributed by atoms with E-state index in [9.17, 15) is 14.4 Å². The number of carbonyl (C=O) groups excluding carboxylic acids is 3. The Labute approximate surface area is 152 Å². The first kappa shape index (κ1) is 19.9. The Morgan fingerprint density at radius 3 is 2.27 bits per heavy atom. The molecule has 1 fully saturated rings. The van der Waals surface area contributed by atoms with Gasteiger partial charge in [0.25, 0.3) is 0 Å². The summed E-state index contributed by atoms with van der Waals surface area (Å²) in [7, 11) is 0. The molecule has 1 saturated heterocycles. The molecule has 1 aliphatic heterocycles. The molecule has 0 spiro atoms. The second-order valence-corrected chi connectivity index (χ2v) is 6.44. The van der Waals surface area contributed by atoms with Gasteiger partial charge in [-0.2, -0.15) is 0 Å². The van der Waals surface area contributed by atoms with Gasteiger partial charge in [-0.25, -0.2) is 0 Å². The van der Waals surface area contributed by atoms with E-state index in [0.717, 1.165) is 6.29 Å². The number of hydrogen-bond donors (Lipinski definition) is 0. The predicted octanol–water partition coefficient (Wildman–Crippen LogP) is 2.37. The van der Waals surface area contributed by atoms with Gasteiger partial charge in [-0.15, -0.1) is 0 Å². The second-order valence-electron chi connectivity index (χ2n) is 6.44. The summed E-state index contributed by atoms with van der Waals surface area (Å²) in [5.41, 5.74) is 0.521. The lowest BCUT2D eigenvalue weighted by atomic mass is 9.83. The fraction of sp³-hybridized carbons (Fsp3) is 0.526. The Kier molecular flexibility index (Phi) is 6.74. The molecule has 0 aliphatic carbocycles. The summed E-state index contributed by atoms with van der Waals surface area (Å²) < 4.78 is 22.3. The minimum absolute atomic E-state index is 0.0176. The van der Waals surface area contributed by atoms with Crippen LogP contribution in [0.5, 0.6) is 5.75 Å². The number of hydrogen-bond acceptors (Lipinski definition) is 7. The fourth-order valence-electron chi connectivity index (χ4n) is 2.86. The zero-order valence-electron chi connectivity index (χ0n) is 15.3. The van der Waals surface area contributed by atoms with Gasteiger partial charge >= 0.3 is 11.9 Å². The molecule has 0 amide bonds. The van der Waals surface area contributed by atoms with E-state index in [1.54, 1.807) is 24.3 Å². The second kappa shape index (κ2) is 8.80. The highest BCUT2D eigenvalue weighted by molar-refractivity contribution is 5.74. The van der Waals surface area contributed by atoms with Crippen LogP contribution in [0.25, 0.3) is 0 Å². The van der Waals surface area contributed by atoms with Gasteiger partial charge in [-0.1, -0.05) is 13.8 Å². The fourth-order valence-corrected chi connectivity index (χ4v) is 2.86. The SMILES string of the molecule is CC(=O)OCC1OC(Oc2ccc(C=O)cc2)C(OC(C)=O)C(C)C1C. The molecule has 26 heavy (non-hydrogen) atoms. The first-order chi connectivity index (χ1) is 12.3. The van der Waals surface area contributed by atoms with Gasteiger partial charge in [0.15, 0.2) is 6.10 Å². The van der Waals surface area contributed by atoms with Crippen LogP contribution in [0.4, 0.5) is 0 Å². The molecule has 5 unspecified atom stereocenters. The summed E-state index contributed by atoms with van der Waals surface area (Å²) in [4.78, 5) is 33.4. The average molecular weight is 364 g/mol. The summed E-state index contributed by atoms with van der Waals surface area (Å²) in [6.45, 7) is 6.65. The molecule has 1 aromatic rings. The Hall–Kier alpha value is -2.41. The molecule has 0 bridgehead atoms. The van der Waals surface area contributed by atoms with Crippen molar-refractivity contribution in [3.8, 4) is 5.75 Å². The molecule has 1 aromatic carbocycles. The maximum absolute atomic E-state index is 11.5. The normalized spacial score (nSPS) is 28.1. The summed E-state index contributed by atoms with van der Waals surface area (Å²) in [6.07, 6.45) is -1.11. The summed E-state index contributed by atoms with van der Waals surface area (Å²) >= 11 is 0. The maximum Gasteiger partial charge on any atom is 0.303 e. The van der Waals surface area contributed by atoms with Crippen LogP contribution < -0.4 is 4.74 Å². The zero-order valence-corrected chi connectivity index (χ0v) is 15.3. The first-order valence-electron chi connectivity index (χ1n) is 8.49. The van der Waals surface area contributed by atoms with E-state index >= 15 is 0 Å². The monoisotopic (exact) mass is 364 g/mol. The standard InChI is InChI=1S/C19H24O7/c1-11-12(2)18(24-14(4)22)19(26-17(11)10-23-13(3)21)25-16-7-5-15(9-20)6-8-16/h5-9,11-12,17-19H,10H2,1-4H3. The van der Waals surface area contributed by atoms with E-state index in [0.29, 0.717) is 11.3 Å². The van der Waals surface area contributed by atoms with Crippen LogP contribution in [-0.2, 0) is 23.8 Å². The molecule has 7 nitrogen and oxygen atoms in total. The molecule has 0 saturated carbocycles. The lowest BCUT2D eigenvalue weighted by Crippen LogP contribution is -2.54. The zero-order chi connectivity index (χ0) is 19.3. The van der Waals surface area contributed by atoms with Crippen LogP contribution in [0.1, 0.15) is 38.1 Å². The largest absolute Gasteiger partial charge is 0.463 e. The first-order valence-corrected chi connectivity index (χ1v) is 8.49. The Bertz CT molecular complexity index is 638. The van der Waals surface area contributed by atoms with Gasteiger partial charge in [-0.05, 0) is 30.2 Å². The summed E-state index contributed by atoms with van der Waals surface area (Å²) in [5, 5.41) is 0. The van der Waals surface area contributed by atoms with Crippen molar-refractivity contribution in [2.45, 2.75) is 46.2 Å². The number of aldehydes is 1. The van der Waals surface area contributed by atoms with Crippen molar-refractivity contribution in [2.24, 2.45) is 11.8 Å². The molecule has 1 heterocycles. The Balaban J connectivity index is 2.18. The number of benzene rings is 1. The molecule has 7 heteroatoms. The average Bonchev–Trinajstić information content (AvgIpc) is 2.60. The molecule has 2 rings (SSSR count). The van der Waals surface area contributed by atoms with Crippen LogP contribution in [0, 0.1) is 11.8 Å². The third-order valence-corrected chi connectivity index (χ3v) is 4.53. The van der Waals surface area contributed by atoms with Crippen LogP contribution in [0.3, 0.4) is 0 Å². The Morgan fingerprint density at radius 2 is 1.73 bits per heavy atom. The van der Waals surface area contributed by atoms with E-state index in [1.807, 2.05) is 13.8 Å². The van der Waals surface area contributed by atoms with Gasteiger partial charge in [0, 0.05) is 25.3 Å². The molecule has 0 aromatic heterocycles. The van der Waals surface area contributed by atoms with Crippen LogP contribution in [-0.4, -0.2) is 43.3 Å². The van der Waals surface area contributed by atoms with E-state index in [-0.39, 0.29) is 24.5 Å². The molecule has 142 valence electrons. The molecule has 1 aliphatic rings. The quantitative estimate of drug-likeness (QED) is 0.565. The number of ether oxygens (including phenoxy) is 4. The van der Waals surface area contributed by atoms with Crippen LogP contribution >= 0.6 is 0 Å². The minimum Gasteiger partial charge on any atom is -0.463 e. The van der Waals surface area contributed by atoms with Crippen molar-refractivity contribution in [2.75, 3.05) is 6.61 Å². The van der Waals surface area contributed by atoms with Gasteiger partial charge in [-0.3, -0.25) is 14.4 Å². The number of rotatable bonds is 6. The van der Waals surface area contributed by atoms with Crippen LogP contribution in [0.15, 0.2) is 24.3 Å². The van der Waals surface area contributed by atoms with E-state index in [2.05, 4.69) is 0 Å². The smallest absolute Gasteiger partial charge is 0.303 e. The van der Waals surface area contributed by atoms with E-state index < -0.39 is 24.3 Å². The highest BCUT2D eigenvalue weighted by atomic mass is 16.7. The van der Waals surface area contributed by atoms with Gasteiger partial charge < -0.3 is 18.9 Å². The highest BCUT2D eigenvalue weighted by Crippen LogP contribution is 2.34. The third-order valence-electron chi connectivity index (χ3n) is 4.53. The van der Waals surface area contributed by atoms with Crippen molar-refractivity contribution >= 4 is 18.2 Å². The number of esters is 2.